The molecule has 3 aromatic carbocycles. The van der Waals surface area contributed by atoms with Gasteiger partial charge in [0.1, 0.15) is 11.5 Å². The average molecular weight is 561 g/mol. The third kappa shape index (κ3) is 10.4. The van der Waals surface area contributed by atoms with Gasteiger partial charge in [-0.25, -0.2) is 14.4 Å². The highest BCUT2D eigenvalue weighted by molar-refractivity contribution is 5.93. The summed E-state index contributed by atoms with van der Waals surface area (Å²) in [6.45, 7) is 6.28. The molecule has 0 spiro atoms. The summed E-state index contributed by atoms with van der Waals surface area (Å²) < 4.78 is 21.3. The number of benzene rings is 3. The van der Waals surface area contributed by atoms with Crippen LogP contribution in [0.15, 0.2) is 72.8 Å². The van der Waals surface area contributed by atoms with Crippen LogP contribution in [0.3, 0.4) is 0 Å². The number of hydrogen-bond acceptors (Lipinski definition) is 7. The molecule has 0 heterocycles. The van der Waals surface area contributed by atoms with E-state index in [0.717, 1.165) is 29.9 Å². The maximum atomic E-state index is 12.6. The number of carbonyl (C=O) groups is 3. The lowest BCUT2D eigenvalue weighted by Crippen LogP contribution is -2.26. The van der Waals surface area contributed by atoms with E-state index in [1.54, 1.807) is 19.1 Å². The molecule has 41 heavy (non-hydrogen) atoms. The van der Waals surface area contributed by atoms with Crippen molar-refractivity contribution in [1.82, 2.24) is 0 Å². The Balaban J connectivity index is 1.46. The van der Waals surface area contributed by atoms with Gasteiger partial charge in [0.25, 0.3) is 0 Å². The molecule has 1 unspecified atom stereocenters. The summed E-state index contributed by atoms with van der Waals surface area (Å²) in [6.07, 6.45) is 7.76. The number of ether oxygens (including phenoxy) is 4. The van der Waals surface area contributed by atoms with Crippen molar-refractivity contribution in [2.24, 2.45) is 0 Å². The molecule has 7 nitrogen and oxygen atoms in total. The first-order valence-corrected chi connectivity index (χ1v) is 14.4. The zero-order valence-electron chi connectivity index (χ0n) is 24.2. The van der Waals surface area contributed by atoms with E-state index in [1.807, 2.05) is 36.4 Å². The van der Waals surface area contributed by atoms with Crippen LogP contribution in [0.4, 0.5) is 0 Å². The van der Waals surface area contributed by atoms with Crippen molar-refractivity contribution in [2.45, 2.75) is 71.8 Å². The Hall–Kier alpha value is -4.13. The molecule has 0 saturated carbocycles. The Bertz CT molecular complexity index is 1230. The van der Waals surface area contributed by atoms with Crippen molar-refractivity contribution in [3.05, 3.63) is 83.9 Å². The fraction of sp³-hybridized carbons (Fsp3) is 0.382. The van der Waals surface area contributed by atoms with Crippen molar-refractivity contribution < 1.29 is 33.3 Å². The molecule has 218 valence electrons. The monoisotopic (exact) mass is 560 g/mol. The second kappa shape index (κ2) is 16.9. The van der Waals surface area contributed by atoms with Gasteiger partial charge in [0.2, 0.25) is 0 Å². The first kappa shape index (κ1) is 31.4. The van der Waals surface area contributed by atoms with E-state index < -0.39 is 24.0 Å². The summed E-state index contributed by atoms with van der Waals surface area (Å²) in [6, 6.07) is 21.0. The van der Waals surface area contributed by atoms with Crippen LogP contribution in [0.1, 0.15) is 86.4 Å². The number of esters is 3. The van der Waals surface area contributed by atoms with Crippen LogP contribution in [-0.4, -0.2) is 37.2 Å². The fourth-order valence-corrected chi connectivity index (χ4v) is 4.15. The summed E-state index contributed by atoms with van der Waals surface area (Å²) in [5.41, 5.74) is 2.61. The highest BCUT2D eigenvalue weighted by Gasteiger charge is 2.20. The number of carbonyl (C=O) groups excluding carboxylic acids is 3. The van der Waals surface area contributed by atoms with E-state index in [4.69, 9.17) is 18.9 Å². The molecule has 0 radical (unpaired) electrons. The predicted octanol–water partition coefficient (Wildman–Crippen LogP) is 7.81. The minimum absolute atomic E-state index is 0.200. The molecule has 0 amide bonds. The van der Waals surface area contributed by atoms with Gasteiger partial charge >= 0.3 is 17.9 Å². The quantitative estimate of drug-likeness (QED) is 0.100. The number of unbranched alkanes of at least 4 members (excludes halogenated alkanes) is 6. The number of hydrogen-bond donors (Lipinski definition) is 0. The predicted molar refractivity (Wildman–Crippen MR) is 158 cm³/mol. The van der Waals surface area contributed by atoms with Gasteiger partial charge in [0.05, 0.1) is 24.3 Å². The van der Waals surface area contributed by atoms with Gasteiger partial charge in [-0.05, 0) is 79.9 Å². The lowest BCUT2D eigenvalue weighted by molar-refractivity contribution is -0.152. The zero-order valence-corrected chi connectivity index (χ0v) is 24.2. The standard InChI is InChI=1S/C34H40O7/c1-4-6-7-8-9-10-11-24-39-30-20-16-27(17-21-30)26-12-14-28(15-13-26)34(37)41-31-22-18-29(19-23-31)33(36)40-25(3)32(35)38-5-2/h12-23,25H,4-11,24H2,1-3H3. The molecule has 0 saturated heterocycles. The molecule has 3 aromatic rings. The topological polar surface area (TPSA) is 88.1 Å². The summed E-state index contributed by atoms with van der Waals surface area (Å²) in [7, 11) is 0. The fourth-order valence-electron chi connectivity index (χ4n) is 4.15. The largest absolute Gasteiger partial charge is 0.494 e. The summed E-state index contributed by atoms with van der Waals surface area (Å²) >= 11 is 0. The Morgan fingerprint density at radius 1 is 0.634 bits per heavy atom. The second-order valence-electron chi connectivity index (χ2n) is 9.78. The lowest BCUT2D eigenvalue weighted by atomic mass is 10.0. The van der Waals surface area contributed by atoms with E-state index in [1.165, 1.54) is 69.7 Å². The van der Waals surface area contributed by atoms with Crippen LogP contribution in [0.2, 0.25) is 0 Å². The van der Waals surface area contributed by atoms with Gasteiger partial charge in [-0.15, -0.1) is 0 Å². The van der Waals surface area contributed by atoms with Gasteiger partial charge in [-0.2, -0.15) is 0 Å². The molecule has 0 bridgehead atoms. The van der Waals surface area contributed by atoms with Gasteiger partial charge < -0.3 is 18.9 Å². The molecule has 3 rings (SSSR count). The third-order valence-electron chi connectivity index (χ3n) is 6.53. The van der Waals surface area contributed by atoms with E-state index in [0.29, 0.717) is 5.56 Å². The molecule has 7 heteroatoms. The molecule has 0 N–H and O–H groups in total. The molecule has 0 aliphatic rings. The average Bonchev–Trinajstić information content (AvgIpc) is 2.99. The Labute approximate surface area is 242 Å². The minimum Gasteiger partial charge on any atom is -0.494 e. The van der Waals surface area contributed by atoms with Crippen molar-refractivity contribution in [3.63, 3.8) is 0 Å². The van der Waals surface area contributed by atoms with Crippen molar-refractivity contribution in [2.75, 3.05) is 13.2 Å². The first-order chi connectivity index (χ1) is 19.9. The van der Waals surface area contributed by atoms with E-state index >= 15 is 0 Å². The first-order valence-electron chi connectivity index (χ1n) is 14.4. The Kier molecular flexibility index (Phi) is 12.9. The molecule has 0 aromatic heterocycles. The summed E-state index contributed by atoms with van der Waals surface area (Å²) in [5.74, 6) is -0.671. The van der Waals surface area contributed by atoms with E-state index in [-0.39, 0.29) is 17.9 Å². The van der Waals surface area contributed by atoms with Crippen LogP contribution in [0.5, 0.6) is 11.5 Å². The SMILES string of the molecule is CCCCCCCCCOc1ccc(-c2ccc(C(=O)Oc3ccc(C(=O)OC(C)C(=O)OCC)cc3)cc2)cc1. The zero-order chi connectivity index (χ0) is 29.5. The smallest absolute Gasteiger partial charge is 0.347 e. The van der Waals surface area contributed by atoms with Gasteiger partial charge in [-0.1, -0.05) is 69.7 Å². The maximum Gasteiger partial charge on any atom is 0.347 e. The Morgan fingerprint density at radius 3 is 1.76 bits per heavy atom. The normalized spacial score (nSPS) is 11.4. The highest BCUT2D eigenvalue weighted by atomic mass is 16.6. The summed E-state index contributed by atoms with van der Waals surface area (Å²) in [4.78, 5) is 36.5. The van der Waals surface area contributed by atoms with E-state index in [9.17, 15) is 14.4 Å². The van der Waals surface area contributed by atoms with Crippen LogP contribution in [0, 0.1) is 0 Å². The molecule has 1 atom stereocenters. The summed E-state index contributed by atoms with van der Waals surface area (Å²) in [5, 5.41) is 0. The molecular weight excluding hydrogens is 520 g/mol. The second-order valence-corrected chi connectivity index (χ2v) is 9.78. The van der Waals surface area contributed by atoms with Gasteiger partial charge in [-0.3, -0.25) is 0 Å². The van der Waals surface area contributed by atoms with Gasteiger partial charge in [0.15, 0.2) is 6.10 Å². The highest BCUT2D eigenvalue weighted by Crippen LogP contribution is 2.24. The maximum absolute atomic E-state index is 12.6. The molecule has 0 aliphatic carbocycles. The van der Waals surface area contributed by atoms with Crippen molar-refractivity contribution >= 4 is 17.9 Å². The Morgan fingerprint density at radius 2 is 1.15 bits per heavy atom. The number of rotatable bonds is 16. The van der Waals surface area contributed by atoms with Crippen molar-refractivity contribution in [3.8, 4) is 22.6 Å². The minimum atomic E-state index is -1.02. The van der Waals surface area contributed by atoms with Crippen molar-refractivity contribution in [1.29, 1.82) is 0 Å². The van der Waals surface area contributed by atoms with Gasteiger partial charge in [0, 0.05) is 0 Å². The van der Waals surface area contributed by atoms with E-state index in [2.05, 4.69) is 6.92 Å². The van der Waals surface area contributed by atoms with Crippen LogP contribution >= 0.6 is 0 Å². The van der Waals surface area contributed by atoms with Crippen LogP contribution < -0.4 is 9.47 Å². The third-order valence-corrected chi connectivity index (χ3v) is 6.53. The molecular formula is C34H40O7. The van der Waals surface area contributed by atoms with Crippen LogP contribution in [-0.2, 0) is 14.3 Å². The molecule has 0 aliphatic heterocycles. The molecule has 0 fully saturated rings. The lowest BCUT2D eigenvalue weighted by Gasteiger charge is -2.12. The van der Waals surface area contributed by atoms with Crippen LogP contribution in [0.25, 0.3) is 11.1 Å².